The maximum absolute atomic E-state index is 13.2. The SMILES string of the molecule is CCc1nc(N2CC3(CCN(c4cnc5cnn(CC(F)F)c5n4)C3)C2)cc(C(F)(F)F)n1. The molecule has 3 aromatic heterocycles. The first-order valence-corrected chi connectivity index (χ1v) is 10.6. The van der Waals surface area contributed by atoms with Crippen molar-refractivity contribution in [3.63, 3.8) is 0 Å². The van der Waals surface area contributed by atoms with Crippen LogP contribution < -0.4 is 9.80 Å². The molecule has 0 aromatic carbocycles. The first-order valence-electron chi connectivity index (χ1n) is 10.6. The Morgan fingerprint density at radius 1 is 1.03 bits per heavy atom. The van der Waals surface area contributed by atoms with Gasteiger partial charge >= 0.3 is 6.18 Å². The van der Waals surface area contributed by atoms with E-state index in [1.807, 2.05) is 9.80 Å². The summed E-state index contributed by atoms with van der Waals surface area (Å²) in [7, 11) is 0. The Hall–Kier alpha value is -3.12. The number of hydrogen-bond donors (Lipinski definition) is 0. The zero-order chi connectivity index (χ0) is 23.4. The lowest BCUT2D eigenvalue weighted by atomic mass is 9.79. The van der Waals surface area contributed by atoms with Gasteiger partial charge in [0.15, 0.2) is 5.65 Å². The van der Waals surface area contributed by atoms with Gasteiger partial charge in [0, 0.05) is 44.1 Å². The molecule has 2 fully saturated rings. The van der Waals surface area contributed by atoms with Crippen molar-refractivity contribution in [3.05, 3.63) is 30.0 Å². The minimum atomic E-state index is -4.53. The number of aryl methyl sites for hydroxylation is 1. The molecule has 2 aliphatic heterocycles. The predicted octanol–water partition coefficient (Wildman–Crippen LogP) is 3.18. The predicted molar refractivity (Wildman–Crippen MR) is 109 cm³/mol. The van der Waals surface area contributed by atoms with E-state index in [9.17, 15) is 22.0 Å². The van der Waals surface area contributed by atoms with Crippen LogP contribution in [0.25, 0.3) is 11.2 Å². The Morgan fingerprint density at radius 3 is 2.48 bits per heavy atom. The molecule has 0 unspecified atom stereocenters. The van der Waals surface area contributed by atoms with Gasteiger partial charge in [-0.1, -0.05) is 6.92 Å². The molecule has 2 saturated heterocycles. The summed E-state index contributed by atoms with van der Waals surface area (Å²) in [5.41, 5.74) is -0.284. The lowest BCUT2D eigenvalue weighted by Gasteiger charge is -2.48. The average molecular weight is 468 g/mol. The standard InChI is InChI=1S/C20H21F5N8/c1-2-15-28-13(20(23,24)25)5-16(29-15)32-10-19(11-32)3-4-31(9-19)17-7-26-12-6-27-33(8-14(21)22)18(12)30-17/h5-7,14H,2-4,8-11H2,1H3. The second-order valence-electron chi connectivity index (χ2n) is 8.56. The molecule has 0 amide bonds. The highest BCUT2D eigenvalue weighted by atomic mass is 19.4. The molecule has 5 heterocycles. The zero-order valence-corrected chi connectivity index (χ0v) is 17.7. The summed E-state index contributed by atoms with van der Waals surface area (Å²) >= 11 is 0. The van der Waals surface area contributed by atoms with Gasteiger partial charge in [0.05, 0.1) is 12.4 Å². The summed E-state index contributed by atoms with van der Waals surface area (Å²) in [5.74, 6) is 1.02. The number of aromatic nitrogens is 6. The number of nitrogens with zero attached hydrogens (tertiary/aromatic N) is 8. The normalized spacial score (nSPS) is 18.0. The van der Waals surface area contributed by atoms with E-state index in [0.717, 1.165) is 17.2 Å². The third kappa shape index (κ3) is 4.04. The minimum absolute atomic E-state index is 0.102. The zero-order valence-electron chi connectivity index (χ0n) is 17.7. The van der Waals surface area contributed by atoms with E-state index in [-0.39, 0.29) is 17.1 Å². The molecule has 3 aromatic rings. The highest BCUT2D eigenvalue weighted by molar-refractivity contribution is 5.71. The molecular weight excluding hydrogens is 447 g/mol. The van der Waals surface area contributed by atoms with E-state index in [4.69, 9.17) is 0 Å². The summed E-state index contributed by atoms with van der Waals surface area (Å²) in [4.78, 5) is 20.6. The maximum atomic E-state index is 13.2. The van der Waals surface area contributed by atoms with Crippen LogP contribution in [-0.4, -0.2) is 62.3 Å². The van der Waals surface area contributed by atoms with Gasteiger partial charge < -0.3 is 9.80 Å². The number of alkyl halides is 5. The van der Waals surface area contributed by atoms with E-state index in [1.54, 1.807) is 13.1 Å². The van der Waals surface area contributed by atoms with Crippen LogP contribution in [0.5, 0.6) is 0 Å². The third-order valence-corrected chi connectivity index (χ3v) is 6.15. The lowest BCUT2D eigenvalue weighted by molar-refractivity contribution is -0.141. The van der Waals surface area contributed by atoms with E-state index in [2.05, 4.69) is 25.0 Å². The first-order chi connectivity index (χ1) is 15.7. The van der Waals surface area contributed by atoms with Gasteiger partial charge in [-0.05, 0) is 6.42 Å². The molecule has 1 spiro atoms. The monoisotopic (exact) mass is 468 g/mol. The molecular formula is C20H21F5N8. The van der Waals surface area contributed by atoms with Crippen LogP contribution in [0.3, 0.4) is 0 Å². The summed E-state index contributed by atoms with van der Waals surface area (Å²) in [6, 6.07) is 1.00. The fourth-order valence-corrected chi connectivity index (χ4v) is 4.52. The van der Waals surface area contributed by atoms with Gasteiger partial charge in [-0.15, -0.1) is 0 Å². The smallest absolute Gasteiger partial charge is 0.355 e. The van der Waals surface area contributed by atoms with Crippen LogP contribution in [0.1, 0.15) is 24.9 Å². The Morgan fingerprint density at radius 2 is 1.79 bits per heavy atom. The van der Waals surface area contributed by atoms with Crippen LogP contribution in [-0.2, 0) is 19.1 Å². The molecule has 0 saturated carbocycles. The Bertz CT molecular complexity index is 1170. The van der Waals surface area contributed by atoms with Crippen LogP contribution in [0.2, 0.25) is 0 Å². The molecule has 8 nitrogen and oxygen atoms in total. The molecule has 0 aliphatic carbocycles. The second-order valence-corrected chi connectivity index (χ2v) is 8.56. The summed E-state index contributed by atoms with van der Waals surface area (Å²) in [5, 5.41) is 3.94. The van der Waals surface area contributed by atoms with Gasteiger partial charge in [0.25, 0.3) is 6.43 Å². The summed E-state index contributed by atoms with van der Waals surface area (Å²) < 4.78 is 66.4. The molecule has 0 bridgehead atoms. The van der Waals surface area contributed by atoms with Crippen molar-refractivity contribution in [2.45, 2.75) is 38.9 Å². The van der Waals surface area contributed by atoms with Gasteiger partial charge in [0.1, 0.15) is 35.2 Å². The van der Waals surface area contributed by atoms with Gasteiger partial charge in [-0.3, -0.25) is 0 Å². The topological polar surface area (TPSA) is 75.9 Å². The van der Waals surface area contributed by atoms with Crippen molar-refractivity contribution in [3.8, 4) is 0 Å². The number of anilines is 2. The maximum Gasteiger partial charge on any atom is 0.433 e. The van der Waals surface area contributed by atoms with Crippen molar-refractivity contribution in [1.29, 1.82) is 0 Å². The highest BCUT2D eigenvalue weighted by Crippen LogP contribution is 2.43. The largest absolute Gasteiger partial charge is 0.433 e. The van der Waals surface area contributed by atoms with E-state index < -0.39 is 24.8 Å². The Balaban J connectivity index is 1.31. The van der Waals surface area contributed by atoms with Crippen LogP contribution in [0.4, 0.5) is 33.6 Å². The molecule has 5 rings (SSSR count). The van der Waals surface area contributed by atoms with Crippen LogP contribution in [0, 0.1) is 5.41 Å². The van der Waals surface area contributed by atoms with Crippen molar-refractivity contribution >= 4 is 22.8 Å². The second kappa shape index (κ2) is 7.73. The number of hydrogen-bond acceptors (Lipinski definition) is 7. The molecule has 0 N–H and O–H groups in total. The lowest BCUT2D eigenvalue weighted by Crippen LogP contribution is -2.58. The summed E-state index contributed by atoms with van der Waals surface area (Å²) in [6.45, 7) is 3.63. The number of halogens is 5. The Labute approximate surface area is 185 Å². The van der Waals surface area contributed by atoms with E-state index >= 15 is 0 Å². The van der Waals surface area contributed by atoms with Gasteiger partial charge in [0.2, 0.25) is 0 Å². The number of rotatable bonds is 5. The third-order valence-electron chi connectivity index (χ3n) is 6.15. The molecule has 2 aliphatic rings. The van der Waals surface area contributed by atoms with Crippen LogP contribution in [0.15, 0.2) is 18.5 Å². The molecule has 0 radical (unpaired) electrons. The van der Waals surface area contributed by atoms with Crippen molar-refractivity contribution in [2.75, 3.05) is 36.0 Å². The van der Waals surface area contributed by atoms with Crippen LogP contribution >= 0.6 is 0 Å². The Kier molecular flexibility index (Phi) is 5.09. The van der Waals surface area contributed by atoms with Crippen molar-refractivity contribution in [1.82, 2.24) is 29.7 Å². The van der Waals surface area contributed by atoms with Crippen molar-refractivity contribution in [2.24, 2.45) is 5.41 Å². The fraction of sp³-hybridized carbons (Fsp3) is 0.550. The van der Waals surface area contributed by atoms with E-state index in [1.165, 1.54) is 6.20 Å². The first kappa shape index (κ1) is 21.7. The quantitative estimate of drug-likeness (QED) is 0.533. The molecule has 0 atom stereocenters. The average Bonchev–Trinajstić information content (AvgIpc) is 3.36. The fourth-order valence-electron chi connectivity index (χ4n) is 4.52. The van der Waals surface area contributed by atoms with E-state index in [0.29, 0.717) is 49.6 Å². The van der Waals surface area contributed by atoms with Crippen molar-refractivity contribution < 1.29 is 22.0 Å². The highest BCUT2D eigenvalue weighted by Gasteiger charge is 2.49. The minimum Gasteiger partial charge on any atom is -0.355 e. The summed E-state index contributed by atoms with van der Waals surface area (Å²) in [6.07, 6.45) is -2.93. The number of fused-ring (bicyclic) bond motifs is 1. The molecule has 176 valence electrons. The molecule has 33 heavy (non-hydrogen) atoms. The van der Waals surface area contributed by atoms with Gasteiger partial charge in [-0.25, -0.2) is 33.4 Å². The molecule has 13 heteroatoms. The van der Waals surface area contributed by atoms with Gasteiger partial charge in [-0.2, -0.15) is 18.3 Å².